The number of rotatable bonds is 7. The first kappa shape index (κ1) is 14.8. The third kappa shape index (κ3) is 6.03. The highest BCUT2D eigenvalue weighted by Crippen LogP contribution is 2.15. The Morgan fingerprint density at radius 3 is 2.07 bits per heavy atom. The molecule has 0 spiro atoms. The number of carbonyl (C=O) groups excluding carboxylic acids is 1. The van der Waals surface area contributed by atoms with Gasteiger partial charge in [0.15, 0.2) is 0 Å². The van der Waals surface area contributed by atoms with Crippen LogP contribution in [0.2, 0.25) is 0 Å². The van der Waals surface area contributed by atoms with Crippen molar-refractivity contribution in [3.63, 3.8) is 0 Å². The van der Waals surface area contributed by atoms with Gasteiger partial charge in [-0.2, -0.15) is 0 Å². The van der Waals surface area contributed by atoms with Gasteiger partial charge in [-0.05, 0) is 26.7 Å². The third-order valence-corrected chi connectivity index (χ3v) is 3.11. The number of carbonyl (C=O) groups is 1. The van der Waals surface area contributed by atoms with Gasteiger partial charge in [-0.3, -0.25) is 4.79 Å². The van der Waals surface area contributed by atoms with Crippen molar-refractivity contribution in [2.24, 2.45) is 5.92 Å². The topological polar surface area (TPSA) is 29.1 Å². The molecule has 1 amide bonds. The second-order valence-electron chi connectivity index (χ2n) is 4.78. The zero-order valence-electron chi connectivity index (χ0n) is 10.4. The van der Waals surface area contributed by atoms with Crippen molar-refractivity contribution in [3.05, 3.63) is 0 Å². The number of hydrogen-bond donors (Lipinski definition) is 1. The largest absolute Gasteiger partial charge is 0.350 e. The van der Waals surface area contributed by atoms with Crippen LogP contribution >= 0.6 is 11.6 Å². The molecule has 2 nitrogen and oxygen atoms in total. The zero-order chi connectivity index (χ0) is 11.9. The Morgan fingerprint density at radius 2 is 1.73 bits per heavy atom. The lowest BCUT2D eigenvalue weighted by Crippen LogP contribution is -2.47. The van der Waals surface area contributed by atoms with Gasteiger partial charge in [0, 0.05) is 17.3 Å². The van der Waals surface area contributed by atoms with E-state index in [0.717, 1.165) is 25.7 Å². The second kappa shape index (κ2) is 7.10. The molecule has 0 unspecified atom stereocenters. The average Bonchev–Trinajstić information content (AvgIpc) is 2.17. The Morgan fingerprint density at radius 1 is 1.27 bits per heavy atom. The molecule has 0 saturated heterocycles. The van der Waals surface area contributed by atoms with Gasteiger partial charge in [0.1, 0.15) is 0 Å². The van der Waals surface area contributed by atoms with E-state index in [1.54, 1.807) is 0 Å². The summed E-state index contributed by atoms with van der Waals surface area (Å²) in [4.78, 5) is 11.9. The molecular weight excluding hydrogens is 210 g/mol. The monoisotopic (exact) mass is 233 g/mol. The third-order valence-electron chi connectivity index (χ3n) is 2.44. The number of alkyl halides is 1. The molecule has 0 aromatic carbocycles. The van der Waals surface area contributed by atoms with Crippen molar-refractivity contribution < 1.29 is 4.79 Å². The summed E-state index contributed by atoms with van der Waals surface area (Å²) in [7, 11) is 0. The van der Waals surface area contributed by atoms with E-state index in [0.29, 0.717) is 5.88 Å². The van der Waals surface area contributed by atoms with Crippen molar-refractivity contribution >= 4 is 17.5 Å². The first-order chi connectivity index (χ1) is 6.96. The van der Waals surface area contributed by atoms with Crippen molar-refractivity contribution in [1.29, 1.82) is 0 Å². The van der Waals surface area contributed by atoms with Gasteiger partial charge in [-0.15, -0.1) is 11.6 Å². The quantitative estimate of drug-likeness (QED) is 0.672. The zero-order valence-corrected chi connectivity index (χ0v) is 11.2. The molecule has 0 aliphatic heterocycles. The molecule has 3 heteroatoms. The van der Waals surface area contributed by atoms with Gasteiger partial charge in [0.2, 0.25) is 5.91 Å². The lowest BCUT2D eigenvalue weighted by atomic mass is 9.96. The Hall–Kier alpha value is -0.240. The molecule has 0 aromatic heterocycles. The Balaban J connectivity index is 4.24. The van der Waals surface area contributed by atoms with E-state index in [-0.39, 0.29) is 17.4 Å². The van der Waals surface area contributed by atoms with Crippen LogP contribution in [-0.4, -0.2) is 17.3 Å². The minimum atomic E-state index is -0.293. The van der Waals surface area contributed by atoms with Crippen LogP contribution in [0.5, 0.6) is 0 Å². The van der Waals surface area contributed by atoms with Crippen molar-refractivity contribution in [1.82, 2.24) is 5.32 Å². The highest BCUT2D eigenvalue weighted by molar-refractivity contribution is 6.18. The maximum absolute atomic E-state index is 11.9. The Bertz CT molecular complexity index is 186. The van der Waals surface area contributed by atoms with E-state index in [9.17, 15) is 4.79 Å². The van der Waals surface area contributed by atoms with E-state index < -0.39 is 0 Å². The number of halogens is 1. The van der Waals surface area contributed by atoms with E-state index in [1.165, 1.54) is 0 Å². The normalized spacial score (nSPS) is 11.9. The van der Waals surface area contributed by atoms with Gasteiger partial charge in [-0.25, -0.2) is 0 Å². The molecule has 0 saturated carbocycles. The fraction of sp³-hybridized carbons (Fsp3) is 0.917. The number of amides is 1. The molecule has 0 radical (unpaired) electrons. The van der Waals surface area contributed by atoms with Crippen LogP contribution < -0.4 is 5.32 Å². The van der Waals surface area contributed by atoms with Crippen molar-refractivity contribution in [3.8, 4) is 0 Å². The fourth-order valence-corrected chi connectivity index (χ4v) is 1.64. The summed E-state index contributed by atoms with van der Waals surface area (Å²) in [5, 5.41) is 3.00. The Labute approximate surface area is 98.8 Å². The standard InChI is InChI=1S/C12H24ClNO/c1-5-7-10(8-6-2)11(15)14-12(3,4)9-13/h10H,5-9H2,1-4H3,(H,14,15). The summed E-state index contributed by atoms with van der Waals surface area (Å²) in [5.41, 5.74) is -0.293. The predicted molar refractivity (Wildman–Crippen MR) is 66.2 cm³/mol. The highest BCUT2D eigenvalue weighted by Gasteiger charge is 2.23. The van der Waals surface area contributed by atoms with E-state index >= 15 is 0 Å². The highest BCUT2D eigenvalue weighted by atomic mass is 35.5. The second-order valence-corrected chi connectivity index (χ2v) is 5.05. The smallest absolute Gasteiger partial charge is 0.223 e. The Kier molecular flexibility index (Phi) is 6.99. The maximum atomic E-state index is 11.9. The minimum Gasteiger partial charge on any atom is -0.350 e. The molecule has 0 atom stereocenters. The van der Waals surface area contributed by atoms with Gasteiger partial charge >= 0.3 is 0 Å². The van der Waals surface area contributed by atoms with Gasteiger partial charge < -0.3 is 5.32 Å². The van der Waals surface area contributed by atoms with Gasteiger partial charge in [-0.1, -0.05) is 26.7 Å². The van der Waals surface area contributed by atoms with E-state index in [2.05, 4.69) is 19.2 Å². The van der Waals surface area contributed by atoms with Crippen LogP contribution in [0.4, 0.5) is 0 Å². The molecule has 1 N–H and O–H groups in total. The lowest BCUT2D eigenvalue weighted by molar-refractivity contribution is -0.126. The maximum Gasteiger partial charge on any atom is 0.223 e. The molecule has 0 aliphatic rings. The van der Waals surface area contributed by atoms with E-state index in [4.69, 9.17) is 11.6 Å². The van der Waals surface area contributed by atoms with Crippen LogP contribution in [-0.2, 0) is 4.79 Å². The number of hydrogen-bond acceptors (Lipinski definition) is 1. The molecular formula is C12H24ClNO. The van der Waals surface area contributed by atoms with Crippen LogP contribution in [0, 0.1) is 5.92 Å². The fourth-order valence-electron chi connectivity index (χ4n) is 1.57. The first-order valence-electron chi connectivity index (χ1n) is 5.84. The van der Waals surface area contributed by atoms with Crippen LogP contribution in [0.1, 0.15) is 53.4 Å². The van der Waals surface area contributed by atoms with Crippen LogP contribution in [0.3, 0.4) is 0 Å². The summed E-state index contributed by atoms with van der Waals surface area (Å²) >= 11 is 5.78. The molecule has 0 bridgehead atoms. The summed E-state index contributed by atoms with van der Waals surface area (Å²) in [6, 6.07) is 0. The molecule has 0 aliphatic carbocycles. The summed E-state index contributed by atoms with van der Waals surface area (Å²) in [5.74, 6) is 0.760. The van der Waals surface area contributed by atoms with Crippen LogP contribution in [0.15, 0.2) is 0 Å². The molecule has 0 rings (SSSR count). The van der Waals surface area contributed by atoms with Gasteiger partial charge in [0.25, 0.3) is 0 Å². The summed E-state index contributed by atoms with van der Waals surface area (Å²) in [6.07, 6.45) is 4.05. The summed E-state index contributed by atoms with van der Waals surface area (Å²) < 4.78 is 0. The van der Waals surface area contributed by atoms with Crippen molar-refractivity contribution in [2.45, 2.75) is 58.9 Å². The van der Waals surface area contributed by atoms with Gasteiger partial charge in [0.05, 0.1) is 0 Å². The van der Waals surface area contributed by atoms with Crippen LogP contribution in [0.25, 0.3) is 0 Å². The first-order valence-corrected chi connectivity index (χ1v) is 6.38. The van der Waals surface area contributed by atoms with Crippen molar-refractivity contribution in [2.75, 3.05) is 5.88 Å². The predicted octanol–water partition coefficient (Wildman–Crippen LogP) is 3.34. The molecule has 0 heterocycles. The molecule has 0 fully saturated rings. The minimum absolute atomic E-state index is 0.155. The number of nitrogens with one attached hydrogen (secondary N) is 1. The molecule has 90 valence electrons. The van der Waals surface area contributed by atoms with E-state index in [1.807, 2.05) is 13.8 Å². The average molecular weight is 234 g/mol. The summed E-state index contributed by atoms with van der Waals surface area (Å²) in [6.45, 7) is 8.13. The molecule has 0 aromatic rings. The lowest BCUT2D eigenvalue weighted by Gasteiger charge is -2.26. The molecule has 15 heavy (non-hydrogen) atoms. The SMILES string of the molecule is CCCC(CCC)C(=O)NC(C)(C)CCl.